The van der Waals surface area contributed by atoms with Gasteiger partial charge in [0.15, 0.2) is 0 Å². The molecule has 0 radical (unpaired) electrons. The molecule has 0 saturated heterocycles. The summed E-state index contributed by atoms with van der Waals surface area (Å²) in [5.41, 5.74) is 3.24. The van der Waals surface area contributed by atoms with Gasteiger partial charge in [0.1, 0.15) is 17.3 Å². The van der Waals surface area contributed by atoms with Gasteiger partial charge in [-0.15, -0.1) is 0 Å². The molecule has 0 spiro atoms. The van der Waals surface area contributed by atoms with E-state index in [1.54, 1.807) is 0 Å². The fourth-order valence-electron chi connectivity index (χ4n) is 2.89. The molecular weight excluding hydrogens is 272 g/mol. The van der Waals surface area contributed by atoms with Crippen LogP contribution in [-0.2, 0) is 11.2 Å². The Morgan fingerprint density at radius 3 is 2.80 bits per heavy atom. The third kappa shape index (κ3) is 1.90. The summed E-state index contributed by atoms with van der Waals surface area (Å²) in [5, 5.41) is 0.549. The molecule has 0 unspecified atom stereocenters. The number of ether oxygens (including phenoxy) is 1. The van der Waals surface area contributed by atoms with Gasteiger partial charge in [-0.25, -0.2) is 9.98 Å². The fraction of sp³-hybridized carbons (Fsp3) is 0.250. The zero-order chi connectivity index (χ0) is 13.5. The van der Waals surface area contributed by atoms with Crippen LogP contribution >= 0.6 is 11.6 Å². The number of aryl methyl sites for hydroxylation is 1. The van der Waals surface area contributed by atoms with Gasteiger partial charge in [-0.05, 0) is 31.0 Å². The van der Waals surface area contributed by atoms with Crippen LogP contribution in [0.25, 0.3) is 0 Å². The van der Waals surface area contributed by atoms with Crippen LogP contribution in [0.3, 0.4) is 0 Å². The maximum atomic E-state index is 6.03. The molecule has 2 aromatic rings. The third-order valence-electron chi connectivity index (χ3n) is 3.85. The molecule has 1 aromatic heterocycles. The number of nitrogens with zero attached hydrogens (tertiary/aromatic N) is 2. The Morgan fingerprint density at radius 1 is 1.10 bits per heavy atom. The summed E-state index contributed by atoms with van der Waals surface area (Å²) in [5.74, 6) is 0.739. The van der Waals surface area contributed by atoms with Crippen LogP contribution in [0.5, 0.6) is 0 Å². The summed E-state index contributed by atoms with van der Waals surface area (Å²) in [7, 11) is 0. The Hall–Kier alpha value is -1.87. The third-order valence-corrected chi connectivity index (χ3v) is 4.06. The van der Waals surface area contributed by atoms with Gasteiger partial charge < -0.3 is 4.74 Å². The zero-order valence-corrected chi connectivity index (χ0v) is 11.5. The average Bonchev–Trinajstić information content (AvgIpc) is 2.92. The van der Waals surface area contributed by atoms with Gasteiger partial charge in [0.25, 0.3) is 0 Å². The Balaban J connectivity index is 1.74. The normalized spacial score (nSPS) is 23.6. The van der Waals surface area contributed by atoms with Crippen molar-refractivity contribution in [1.82, 2.24) is 4.98 Å². The van der Waals surface area contributed by atoms with Crippen LogP contribution in [-0.4, -0.2) is 17.0 Å². The molecule has 2 heterocycles. The molecule has 0 saturated carbocycles. The van der Waals surface area contributed by atoms with Crippen LogP contribution in [0.1, 0.15) is 29.3 Å². The van der Waals surface area contributed by atoms with Gasteiger partial charge in [0.05, 0.1) is 0 Å². The maximum absolute atomic E-state index is 6.03. The Kier molecular flexibility index (Phi) is 2.74. The molecule has 20 heavy (non-hydrogen) atoms. The average molecular weight is 285 g/mol. The summed E-state index contributed by atoms with van der Waals surface area (Å²) >= 11 is 5.97. The topological polar surface area (TPSA) is 34.5 Å². The number of hydrogen-bond donors (Lipinski definition) is 0. The molecule has 4 rings (SSSR count). The number of aromatic nitrogens is 1. The molecule has 3 nitrogen and oxygen atoms in total. The molecular formula is C16H13ClN2O. The lowest BCUT2D eigenvalue weighted by molar-refractivity contribution is 0.173. The van der Waals surface area contributed by atoms with Crippen LogP contribution in [0.4, 0.5) is 0 Å². The second-order valence-electron chi connectivity index (χ2n) is 5.11. The maximum Gasteiger partial charge on any atom is 0.217 e. The number of fused-ring (bicyclic) bond motifs is 3. The second-order valence-corrected chi connectivity index (χ2v) is 5.50. The van der Waals surface area contributed by atoms with Crippen molar-refractivity contribution in [3.8, 4) is 0 Å². The zero-order valence-electron chi connectivity index (χ0n) is 10.8. The first-order valence-electron chi connectivity index (χ1n) is 6.76. The van der Waals surface area contributed by atoms with E-state index in [-0.39, 0.29) is 12.1 Å². The van der Waals surface area contributed by atoms with Crippen molar-refractivity contribution in [3.05, 3.63) is 64.4 Å². The highest BCUT2D eigenvalue weighted by atomic mass is 35.5. The van der Waals surface area contributed by atoms with Crippen molar-refractivity contribution in [2.45, 2.75) is 25.0 Å². The lowest BCUT2D eigenvalue weighted by atomic mass is 9.90. The molecule has 0 bridgehead atoms. The summed E-state index contributed by atoms with van der Waals surface area (Å²) in [6.07, 6.45) is 1.96. The van der Waals surface area contributed by atoms with Gasteiger partial charge in [-0.2, -0.15) is 0 Å². The predicted molar refractivity (Wildman–Crippen MR) is 78.2 cm³/mol. The van der Waals surface area contributed by atoms with Crippen LogP contribution in [0, 0.1) is 0 Å². The largest absolute Gasteiger partial charge is 0.471 e. The predicted octanol–water partition coefficient (Wildman–Crippen LogP) is 3.57. The molecule has 100 valence electrons. The van der Waals surface area contributed by atoms with Gasteiger partial charge in [-0.1, -0.05) is 35.9 Å². The van der Waals surface area contributed by atoms with Crippen molar-refractivity contribution < 1.29 is 4.74 Å². The molecule has 2 atom stereocenters. The molecule has 1 aromatic carbocycles. The molecule has 0 fully saturated rings. The van der Waals surface area contributed by atoms with Crippen LogP contribution in [0.2, 0.25) is 5.15 Å². The van der Waals surface area contributed by atoms with E-state index in [1.165, 1.54) is 0 Å². The number of pyridine rings is 1. The SMILES string of the molecule is Clc1ccc2c(n1)CC[C@H]1OC(c3ccccc3)=N[C@@H]21. The number of rotatable bonds is 1. The lowest BCUT2D eigenvalue weighted by Gasteiger charge is -2.24. The van der Waals surface area contributed by atoms with Crippen molar-refractivity contribution in [1.29, 1.82) is 0 Å². The first-order valence-corrected chi connectivity index (χ1v) is 7.14. The van der Waals surface area contributed by atoms with E-state index >= 15 is 0 Å². The van der Waals surface area contributed by atoms with Crippen molar-refractivity contribution >= 4 is 17.5 Å². The molecule has 2 aliphatic rings. The first-order chi connectivity index (χ1) is 9.81. The van der Waals surface area contributed by atoms with E-state index in [9.17, 15) is 0 Å². The summed E-state index contributed by atoms with van der Waals surface area (Å²) in [6.45, 7) is 0. The quantitative estimate of drug-likeness (QED) is 0.750. The standard InChI is InChI=1S/C16H13ClN2O/c17-14-9-6-11-12(18-14)7-8-13-15(11)19-16(20-13)10-4-2-1-3-5-10/h1-6,9,13,15H,7-8H2/t13-,15+/m1/s1. The Bertz CT molecular complexity index is 684. The van der Waals surface area contributed by atoms with Crippen molar-refractivity contribution in [3.63, 3.8) is 0 Å². The Morgan fingerprint density at radius 2 is 1.95 bits per heavy atom. The number of benzene rings is 1. The smallest absolute Gasteiger partial charge is 0.217 e. The van der Waals surface area contributed by atoms with Gasteiger partial charge >= 0.3 is 0 Å². The summed E-state index contributed by atoms with van der Waals surface area (Å²) in [4.78, 5) is 9.18. The first kappa shape index (κ1) is 11.9. The van der Waals surface area contributed by atoms with Gasteiger partial charge in [0.2, 0.25) is 5.90 Å². The number of halogens is 1. The van der Waals surface area contributed by atoms with Crippen LogP contribution < -0.4 is 0 Å². The summed E-state index contributed by atoms with van der Waals surface area (Å²) < 4.78 is 6.03. The van der Waals surface area contributed by atoms with E-state index in [0.29, 0.717) is 5.15 Å². The molecule has 4 heteroatoms. The van der Waals surface area contributed by atoms with Crippen molar-refractivity contribution in [2.24, 2.45) is 4.99 Å². The van der Waals surface area contributed by atoms with E-state index in [4.69, 9.17) is 21.3 Å². The lowest BCUT2D eigenvalue weighted by Crippen LogP contribution is -2.24. The highest BCUT2D eigenvalue weighted by Gasteiger charge is 2.37. The summed E-state index contributed by atoms with van der Waals surface area (Å²) in [6, 6.07) is 14.0. The second kappa shape index (κ2) is 4.60. The number of hydrogen-bond acceptors (Lipinski definition) is 3. The highest BCUT2D eigenvalue weighted by Crippen LogP contribution is 2.39. The van der Waals surface area contributed by atoms with Gasteiger partial charge in [0, 0.05) is 16.8 Å². The fourth-order valence-corrected chi connectivity index (χ4v) is 3.06. The van der Waals surface area contributed by atoms with E-state index in [1.807, 2.05) is 42.5 Å². The van der Waals surface area contributed by atoms with Gasteiger partial charge in [-0.3, -0.25) is 0 Å². The monoisotopic (exact) mass is 284 g/mol. The Labute approximate surface area is 122 Å². The highest BCUT2D eigenvalue weighted by molar-refractivity contribution is 6.29. The number of aliphatic imine (C=N–C) groups is 1. The molecule has 0 amide bonds. The minimum atomic E-state index is 0.0544. The molecule has 1 aliphatic carbocycles. The minimum Gasteiger partial charge on any atom is -0.471 e. The molecule has 1 aliphatic heterocycles. The van der Waals surface area contributed by atoms with E-state index in [0.717, 1.165) is 35.6 Å². The van der Waals surface area contributed by atoms with E-state index in [2.05, 4.69) is 4.98 Å². The van der Waals surface area contributed by atoms with Crippen molar-refractivity contribution in [2.75, 3.05) is 0 Å². The minimum absolute atomic E-state index is 0.0544. The molecule has 0 N–H and O–H groups in total. The van der Waals surface area contributed by atoms with Crippen LogP contribution in [0.15, 0.2) is 47.5 Å². The van der Waals surface area contributed by atoms with E-state index < -0.39 is 0 Å².